The van der Waals surface area contributed by atoms with E-state index in [-0.39, 0.29) is 6.04 Å². The smallest absolute Gasteiger partial charge is 0.0978 e. The molecule has 0 radical (unpaired) electrons. The summed E-state index contributed by atoms with van der Waals surface area (Å²) in [6.45, 7) is 12.7. The molecule has 1 N–H and O–H groups in total. The van der Waals surface area contributed by atoms with Gasteiger partial charge in [-0.05, 0) is 63.8 Å². The average molecular weight is 350 g/mol. The molecule has 0 saturated carbocycles. The Balaban J connectivity index is 2.24. The van der Waals surface area contributed by atoms with Crippen LogP contribution in [0, 0.1) is 5.92 Å². The van der Waals surface area contributed by atoms with Crippen LogP contribution in [0.1, 0.15) is 48.0 Å². The van der Waals surface area contributed by atoms with Crippen molar-refractivity contribution in [3.63, 3.8) is 0 Å². The molecule has 0 aliphatic rings. The van der Waals surface area contributed by atoms with Gasteiger partial charge in [-0.3, -0.25) is 9.98 Å². The first-order valence-electron chi connectivity index (χ1n) is 9.40. The van der Waals surface area contributed by atoms with E-state index >= 15 is 0 Å². The fourth-order valence-corrected chi connectivity index (χ4v) is 3.03. The maximum atomic E-state index is 4.72. The number of anilines is 1. The molecular formula is C23H31N3. The zero-order valence-corrected chi connectivity index (χ0v) is 16.9. The summed E-state index contributed by atoms with van der Waals surface area (Å²) in [4.78, 5) is 9.28. The molecule has 0 aliphatic heterocycles. The minimum Gasteiger partial charge on any atom is -0.344 e. The Kier molecular flexibility index (Phi) is 7.14. The highest BCUT2D eigenvalue weighted by atomic mass is 15.0. The SMILES string of the molecule is CC(CC(C)C)=Nc1ccc(-c2ccccc2NC(C)=NC(C)C)cc1. The summed E-state index contributed by atoms with van der Waals surface area (Å²) in [5, 5.41) is 3.43. The van der Waals surface area contributed by atoms with Gasteiger partial charge in [0.05, 0.1) is 11.5 Å². The number of hydrogen-bond donors (Lipinski definition) is 1. The lowest BCUT2D eigenvalue weighted by Gasteiger charge is -2.13. The number of nitrogens with one attached hydrogen (secondary N) is 1. The lowest BCUT2D eigenvalue weighted by Crippen LogP contribution is -2.10. The molecule has 138 valence electrons. The predicted molar refractivity (Wildman–Crippen MR) is 116 cm³/mol. The Morgan fingerprint density at radius 3 is 2.19 bits per heavy atom. The number of benzene rings is 2. The number of amidine groups is 1. The molecule has 2 aromatic carbocycles. The monoisotopic (exact) mass is 349 g/mol. The van der Waals surface area contributed by atoms with E-state index in [0.29, 0.717) is 5.92 Å². The van der Waals surface area contributed by atoms with Crippen LogP contribution in [0.5, 0.6) is 0 Å². The maximum Gasteiger partial charge on any atom is 0.0978 e. The van der Waals surface area contributed by atoms with E-state index < -0.39 is 0 Å². The third-order valence-corrected chi connectivity index (χ3v) is 3.90. The van der Waals surface area contributed by atoms with Crippen molar-refractivity contribution in [2.75, 3.05) is 5.32 Å². The van der Waals surface area contributed by atoms with Crippen molar-refractivity contribution >= 4 is 22.9 Å². The van der Waals surface area contributed by atoms with Crippen molar-refractivity contribution in [1.82, 2.24) is 0 Å². The third kappa shape index (κ3) is 6.14. The van der Waals surface area contributed by atoms with Crippen molar-refractivity contribution in [2.24, 2.45) is 15.9 Å². The van der Waals surface area contributed by atoms with Crippen molar-refractivity contribution in [3.05, 3.63) is 48.5 Å². The van der Waals surface area contributed by atoms with Crippen LogP contribution in [-0.2, 0) is 0 Å². The molecule has 0 fully saturated rings. The number of hydrogen-bond acceptors (Lipinski definition) is 2. The zero-order chi connectivity index (χ0) is 19.1. The Bertz CT molecular complexity index is 768. The molecule has 0 aliphatic carbocycles. The van der Waals surface area contributed by atoms with E-state index in [4.69, 9.17) is 4.99 Å². The average Bonchev–Trinajstić information content (AvgIpc) is 2.54. The Morgan fingerprint density at radius 2 is 1.58 bits per heavy atom. The van der Waals surface area contributed by atoms with Crippen molar-refractivity contribution in [2.45, 2.75) is 54.0 Å². The summed E-state index contributed by atoms with van der Waals surface area (Å²) in [6, 6.07) is 17.1. The molecule has 3 heteroatoms. The zero-order valence-electron chi connectivity index (χ0n) is 16.9. The largest absolute Gasteiger partial charge is 0.344 e. The second-order valence-corrected chi connectivity index (χ2v) is 7.47. The van der Waals surface area contributed by atoms with Crippen molar-refractivity contribution in [1.29, 1.82) is 0 Å². The van der Waals surface area contributed by atoms with Gasteiger partial charge < -0.3 is 5.32 Å². The standard InChI is InChI=1S/C23H31N3/c1-16(2)15-18(5)25-21-13-11-20(12-14-21)22-9-7-8-10-23(22)26-19(6)24-17(3)4/h7-14,16-17H,15H2,1-6H3,(H,24,26). The van der Waals surface area contributed by atoms with Crippen LogP contribution in [0.4, 0.5) is 11.4 Å². The van der Waals surface area contributed by atoms with Crippen LogP contribution in [0.15, 0.2) is 58.5 Å². The minimum atomic E-state index is 0.279. The topological polar surface area (TPSA) is 36.8 Å². The van der Waals surface area contributed by atoms with Crippen LogP contribution >= 0.6 is 0 Å². The first-order valence-corrected chi connectivity index (χ1v) is 9.40. The molecule has 0 aromatic heterocycles. The Hall–Kier alpha value is -2.42. The van der Waals surface area contributed by atoms with Crippen molar-refractivity contribution < 1.29 is 0 Å². The molecule has 26 heavy (non-hydrogen) atoms. The number of para-hydroxylation sites is 1. The molecule has 2 rings (SSSR count). The predicted octanol–water partition coefficient (Wildman–Crippen LogP) is 6.73. The number of nitrogens with zero attached hydrogens (tertiary/aromatic N) is 2. The normalized spacial score (nSPS) is 12.8. The van der Waals surface area contributed by atoms with Gasteiger partial charge >= 0.3 is 0 Å². The van der Waals surface area contributed by atoms with Gasteiger partial charge in [0, 0.05) is 23.0 Å². The molecule has 0 saturated heterocycles. The van der Waals surface area contributed by atoms with Crippen LogP contribution in [0.25, 0.3) is 11.1 Å². The van der Waals surface area contributed by atoms with Crippen LogP contribution in [0.3, 0.4) is 0 Å². The van der Waals surface area contributed by atoms with Crippen LogP contribution in [0.2, 0.25) is 0 Å². The molecule has 0 heterocycles. The summed E-state index contributed by atoms with van der Waals surface area (Å²) < 4.78 is 0. The van der Waals surface area contributed by atoms with Gasteiger partial charge in [0.25, 0.3) is 0 Å². The van der Waals surface area contributed by atoms with E-state index in [1.807, 2.05) is 13.0 Å². The molecule has 0 bridgehead atoms. The highest BCUT2D eigenvalue weighted by Gasteiger charge is 2.06. The van der Waals surface area contributed by atoms with Gasteiger partial charge in [-0.2, -0.15) is 0 Å². The van der Waals surface area contributed by atoms with Gasteiger partial charge in [-0.15, -0.1) is 0 Å². The molecule has 0 atom stereocenters. The maximum absolute atomic E-state index is 4.72. The van der Waals surface area contributed by atoms with E-state index in [1.54, 1.807) is 0 Å². The highest BCUT2D eigenvalue weighted by Crippen LogP contribution is 2.29. The summed E-state index contributed by atoms with van der Waals surface area (Å²) in [6.07, 6.45) is 1.03. The number of rotatable bonds is 6. The quantitative estimate of drug-likeness (QED) is 0.455. The fourth-order valence-electron chi connectivity index (χ4n) is 3.03. The first kappa shape index (κ1) is 19.9. The molecule has 0 amide bonds. The second-order valence-electron chi connectivity index (χ2n) is 7.47. The molecule has 3 nitrogen and oxygen atoms in total. The third-order valence-electron chi connectivity index (χ3n) is 3.90. The lowest BCUT2D eigenvalue weighted by molar-refractivity contribution is 0.682. The Labute approximate surface area is 158 Å². The highest BCUT2D eigenvalue weighted by molar-refractivity contribution is 5.97. The van der Waals surface area contributed by atoms with Crippen molar-refractivity contribution in [3.8, 4) is 11.1 Å². The Morgan fingerprint density at radius 1 is 0.923 bits per heavy atom. The lowest BCUT2D eigenvalue weighted by atomic mass is 10.0. The summed E-state index contributed by atoms with van der Waals surface area (Å²) in [7, 11) is 0. The molecule has 0 unspecified atom stereocenters. The summed E-state index contributed by atoms with van der Waals surface area (Å²) in [5.74, 6) is 1.56. The first-order chi connectivity index (χ1) is 12.3. The second kappa shape index (κ2) is 9.33. The van der Waals surface area contributed by atoms with Gasteiger partial charge in [0.2, 0.25) is 0 Å². The van der Waals surface area contributed by atoms with E-state index in [1.165, 1.54) is 16.8 Å². The minimum absolute atomic E-state index is 0.279. The molecule has 2 aromatic rings. The van der Waals surface area contributed by atoms with Crippen LogP contribution < -0.4 is 5.32 Å². The summed E-state index contributed by atoms with van der Waals surface area (Å²) >= 11 is 0. The number of aliphatic imine (C=N–C) groups is 2. The fraction of sp³-hybridized carbons (Fsp3) is 0.391. The van der Waals surface area contributed by atoms with E-state index in [2.05, 4.69) is 87.4 Å². The van der Waals surface area contributed by atoms with Gasteiger partial charge in [-0.1, -0.05) is 44.2 Å². The molecule has 0 spiro atoms. The van der Waals surface area contributed by atoms with Gasteiger partial charge in [-0.25, -0.2) is 0 Å². The van der Waals surface area contributed by atoms with Gasteiger partial charge in [0.15, 0.2) is 0 Å². The van der Waals surface area contributed by atoms with E-state index in [9.17, 15) is 0 Å². The van der Waals surface area contributed by atoms with Crippen LogP contribution in [-0.4, -0.2) is 17.6 Å². The van der Waals surface area contributed by atoms with Gasteiger partial charge in [0.1, 0.15) is 0 Å². The molecular weight excluding hydrogens is 318 g/mol. The summed E-state index contributed by atoms with van der Waals surface area (Å²) in [5.41, 5.74) is 5.60. The van der Waals surface area contributed by atoms with E-state index in [0.717, 1.165) is 23.6 Å².